The number of rotatable bonds is 7. The number of nitrogens with zero attached hydrogens (tertiary/aromatic N) is 4. The number of carbonyl (C=O) groups is 1. The number of nitrogens with one attached hydrogen (secondary N) is 3. The second kappa shape index (κ2) is 10.9. The Labute approximate surface area is 253 Å². The second-order valence-electron chi connectivity index (χ2n) is 11.9. The molecule has 10 nitrogen and oxygen atoms in total. The van der Waals surface area contributed by atoms with E-state index in [4.69, 9.17) is 0 Å². The summed E-state index contributed by atoms with van der Waals surface area (Å²) in [5.41, 5.74) is 6.13. The maximum Gasteiger partial charge on any atom is 0.229 e. The third kappa shape index (κ3) is 6.06. The van der Waals surface area contributed by atoms with E-state index in [1.165, 1.54) is 18.4 Å². The predicted octanol–water partition coefficient (Wildman–Crippen LogP) is 5.94. The Balaban J connectivity index is 1.37. The molecular weight excluding hydrogens is 581 g/mol. The Morgan fingerprint density at radius 1 is 0.909 bits per heavy atom. The summed E-state index contributed by atoms with van der Waals surface area (Å²) in [6.45, 7) is 5.53. The van der Waals surface area contributed by atoms with E-state index in [9.17, 15) is 17.6 Å². The number of carbonyl (C=O) groups excluding carboxylic acids is 1. The third-order valence-electron chi connectivity index (χ3n) is 7.25. The summed E-state index contributed by atoms with van der Waals surface area (Å²) in [5.74, 6) is -0.636. The summed E-state index contributed by atoms with van der Waals surface area (Å²) >= 11 is 0. The molecule has 0 aliphatic carbocycles. The minimum absolute atomic E-state index is 0.0678. The summed E-state index contributed by atoms with van der Waals surface area (Å²) in [6, 6.07) is 10.2. The Bertz CT molecular complexity index is 2160. The van der Waals surface area contributed by atoms with Crippen LogP contribution in [0.2, 0.25) is 0 Å². The number of aromatic amines is 2. The molecule has 1 amide bonds. The van der Waals surface area contributed by atoms with Gasteiger partial charge in [-0.15, -0.1) is 0 Å². The minimum Gasteiger partial charge on any atom is -0.352 e. The summed E-state index contributed by atoms with van der Waals surface area (Å²) < 4.78 is 38.0. The molecule has 5 aromatic heterocycles. The van der Waals surface area contributed by atoms with Crippen LogP contribution in [-0.4, -0.2) is 56.5 Å². The van der Waals surface area contributed by atoms with E-state index < -0.39 is 21.1 Å². The second-order valence-corrected chi connectivity index (χ2v) is 14.2. The average Bonchev–Trinajstić information content (AvgIpc) is 3.59. The van der Waals surface area contributed by atoms with E-state index in [1.807, 2.05) is 39.0 Å². The molecule has 0 radical (unpaired) electrons. The molecule has 0 aliphatic heterocycles. The van der Waals surface area contributed by atoms with Crippen molar-refractivity contribution in [2.75, 3.05) is 17.3 Å². The number of sulfone groups is 1. The van der Waals surface area contributed by atoms with Crippen LogP contribution in [0.5, 0.6) is 0 Å². The number of amides is 1. The molecule has 6 rings (SSSR count). The maximum absolute atomic E-state index is 14.6. The van der Waals surface area contributed by atoms with Crippen LogP contribution in [0.15, 0.2) is 67.4 Å². The molecule has 0 aliphatic rings. The number of aryl methyl sites for hydroxylation is 1. The molecule has 0 unspecified atom stereocenters. The first-order valence-electron chi connectivity index (χ1n) is 13.9. The smallest absolute Gasteiger partial charge is 0.229 e. The predicted molar refractivity (Wildman–Crippen MR) is 169 cm³/mol. The lowest BCUT2D eigenvalue weighted by Gasteiger charge is -2.17. The normalized spacial score (nSPS) is 12.2. The molecule has 224 valence electrons. The van der Waals surface area contributed by atoms with Gasteiger partial charge in [0.1, 0.15) is 21.3 Å². The lowest BCUT2D eigenvalue weighted by atomic mass is 9.95. The zero-order valence-electron chi connectivity index (χ0n) is 24.6. The van der Waals surface area contributed by atoms with Crippen LogP contribution in [-0.2, 0) is 21.1 Å². The highest BCUT2D eigenvalue weighted by molar-refractivity contribution is 7.90. The maximum atomic E-state index is 14.6. The fourth-order valence-corrected chi connectivity index (χ4v) is 5.52. The van der Waals surface area contributed by atoms with Crippen molar-refractivity contribution in [2.45, 2.75) is 27.2 Å². The molecule has 0 bridgehead atoms. The van der Waals surface area contributed by atoms with Crippen molar-refractivity contribution < 1.29 is 17.6 Å². The monoisotopic (exact) mass is 611 g/mol. The fraction of sp³-hybridized carbons (Fsp3) is 0.219. The van der Waals surface area contributed by atoms with Gasteiger partial charge in [0.25, 0.3) is 0 Å². The molecule has 12 heteroatoms. The van der Waals surface area contributed by atoms with Gasteiger partial charge in [-0.1, -0.05) is 26.8 Å². The number of hydrogen-bond acceptors (Lipinski definition) is 7. The first-order chi connectivity index (χ1) is 20.8. The van der Waals surface area contributed by atoms with Crippen LogP contribution >= 0.6 is 0 Å². The number of benzene rings is 1. The molecule has 0 atom stereocenters. The van der Waals surface area contributed by atoms with Crippen molar-refractivity contribution in [1.29, 1.82) is 0 Å². The van der Waals surface area contributed by atoms with Crippen LogP contribution in [0, 0.1) is 11.2 Å². The third-order valence-corrected chi connectivity index (χ3v) is 8.20. The minimum atomic E-state index is -3.19. The van der Waals surface area contributed by atoms with Crippen molar-refractivity contribution in [1.82, 2.24) is 30.1 Å². The van der Waals surface area contributed by atoms with Crippen LogP contribution in [0.25, 0.3) is 55.6 Å². The van der Waals surface area contributed by atoms with Gasteiger partial charge in [-0.3, -0.25) is 24.8 Å². The lowest BCUT2D eigenvalue weighted by Crippen LogP contribution is -2.27. The molecule has 0 saturated carbocycles. The van der Waals surface area contributed by atoms with Crippen molar-refractivity contribution in [3.05, 3.63) is 78.8 Å². The molecule has 0 saturated heterocycles. The first-order valence-corrected chi connectivity index (χ1v) is 16.0. The number of H-pyrrole nitrogens is 2. The molecule has 44 heavy (non-hydrogen) atoms. The highest BCUT2D eigenvalue weighted by Crippen LogP contribution is 2.35. The molecular formula is C32H30FN7O3S. The largest absolute Gasteiger partial charge is 0.352 e. The molecule has 3 N–H and O–H groups in total. The van der Waals surface area contributed by atoms with E-state index in [1.54, 1.807) is 37.1 Å². The van der Waals surface area contributed by atoms with E-state index >= 15 is 0 Å². The van der Waals surface area contributed by atoms with Crippen molar-refractivity contribution in [3.8, 4) is 33.8 Å². The number of fused-ring (bicyclic) bond motifs is 2. The Morgan fingerprint density at radius 2 is 1.70 bits per heavy atom. The van der Waals surface area contributed by atoms with Crippen molar-refractivity contribution in [3.63, 3.8) is 0 Å². The van der Waals surface area contributed by atoms with E-state index in [0.29, 0.717) is 33.8 Å². The average molecular weight is 612 g/mol. The van der Waals surface area contributed by atoms with E-state index in [-0.39, 0.29) is 18.1 Å². The van der Waals surface area contributed by atoms with Crippen LogP contribution < -0.4 is 5.32 Å². The molecule has 0 spiro atoms. The van der Waals surface area contributed by atoms with E-state index in [2.05, 4.69) is 35.5 Å². The van der Waals surface area contributed by atoms with Gasteiger partial charge in [-0.05, 0) is 47.9 Å². The van der Waals surface area contributed by atoms with Gasteiger partial charge in [-0.2, -0.15) is 5.10 Å². The Kier molecular flexibility index (Phi) is 7.24. The van der Waals surface area contributed by atoms with Gasteiger partial charge in [0, 0.05) is 46.0 Å². The van der Waals surface area contributed by atoms with Gasteiger partial charge in [0.05, 0.1) is 52.5 Å². The summed E-state index contributed by atoms with van der Waals surface area (Å²) in [6.07, 6.45) is 9.71. The number of halogens is 1. The highest BCUT2D eigenvalue weighted by Gasteiger charge is 2.22. The van der Waals surface area contributed by atoms with Crippen LogP contribution in [0.1, 0.15) is 26.3 Å². The summed E-state index contributed by atoms with van der Waals surface area (Å²) in [5, 5.41) is 12.1. The molecule has 0 fully saturated rings. The number of hydrogen-bond donors (Lipinski definition) is 3. The van der Waals surface area contributed by atoms with Crippen LogP contribution in [0.4, 0.5) is 10.1 Å². The van der Waals surface area contributed by atoms with Gasteiger partial charge < -0.3 is 10.3 Å². The van der Waals surface area contributed by atoms with Gasteiger partial charge >= 0.3 is 0 Å². The fourth-order valence-electron chi connectivity index (χ4n) is 4.91. The lowest BCUT2D eigenvalue weighted by molar-refractivity contribution is -0.123. The topological polar surface area (TPSA) is 146 Å². The van der Waals surface area contributed by atoms with Gasteiger partial charge in [0.2, 0.25) is 5.91 Å². The Hall–Kier alpha value is -4.97. The van der Waals surface area contributed by atoms with Crippen molar-refractivity contribution in [2.24, 2.45) is 5.41 Å². The van der Waals surface area contributed by atoms with Crippen molar-refractivity contribution >= 4 is 43.2 Å². The molecule has 1 aromatic carbocycles. The highest BCUT2D eigenvalue weighted by atomic mass is 32.2. The quantitative estimate of drug-likeness (QED) is 0.202. The molecule has 6 aromatic rings. The standard InChI is InChI=1S/C32H30FN7O3S/c1-32(2,3)31(41)37-22-10-20(13-34-14-22)26-12-24-29(17-36-26)39-40-30(24)27-11-23-25(15-35-16-28(23)38-27)19-7-18(8-21(33)9-19)5-6-44(4,42)43/h7-17,38H,5-6H2,1-4H3,(H,37,41)(H,39,40). The number of pyridine rings is 3. The number of aromatic nitrogens is 6. The Morgan fingerprint density at radius 3 is 2.48 bits per heavy atom. The zero-order chi connectivity index (χ0) is 31.2. The van der Waals surface area contributed by atoms with Gasteiger partial charge in [0.15, 0.2) is 0 Å². The summed E-state index contributed by atoms with van der Waals surface area (Å²) in [4.78, 5) is 29.1. The van der Waals surface area contributed by atoms with Crippen LogP contribution in [0.3, 0.4) is 0 Å². The SMILES string of the molecule is CC(C)(C)C(=O)Nc1cncc(-c2cc3c(-c4cc5c(-c6cc(F)cc(CCS(C)(=O)=O)c6)cncc5[nH]4)n[nH]c3cn2)c1. The molecule has 5 heterocycles. The first kappa shape index (κ1) is 29.1. The van der Waals surface area contributed by atoms with Gasteiger partial charge in [-0.25, -0.2) is 12.8 Å². The summed E-state index contributed by atoms with van der Waals surface area (Å²) in [7, 11) is -3.19. The number of anilines is 1. The van der Waals surface area contributed by atoms with E-state index in [0.717, 1.165) is 33.1 Å². The zero-order valence-corrected chi connectivity index (χ0v) is 25.4.